The molecule has 4 rings (SSSR count). The van der Waals surface area contributed by atoms with Crippen molar-refractivity contribution in [3.05, 3.63) is 48.4 Å². The van der Waals surface area contributed by atoms with Crippen molar-refractivity contribution in [2.45, 2.75) is 12.5 Å². The molecule has 0 N–H and O–H groups in total. The van der Waals surface area contributed by atoms with E-state index in [4.69, 9.17) is 4.74 Å². The molecule has 1 atom stereocenters. The van der Waals surface area contributed by atoms with Gasteiger partial charge < -0.3 is 14.5 Å². The minimum atomic E-state index is -0.352. The van der Waals surface area contributed by atoms with Gasteiger partial charge in [-0.3, -0.25) is 9.69 Å². The molecular formula is C19H20FN5O3. The van der Waals surface area contributed by atoms with Crippen molar-refractivity contribution < 1.29 is 18.7 Å². The normalized spacial score (nSPS) is 19.4. The summed E-state index contributed by atoms with van der Waals surface area (Å²) in [5.74, 6) is -0.0271. The van der Waals surface area contributed by atoms with E-state index in [1.807, 2.05) is 0 Å². The monoisotopic (exact) mass is 385 g/mol. The second-order valence-electron chi connectivity index (χ2n) is 6.76. The smallest absolute Gasteiger partial charge is 0.325 e. The quantitative estimate of drug-likeness (QED) is 0.780. The lowest BCUT2D eigenvalue weighted by atomic mass is 10.3. The van der Waals surface area contributed by atoms with E-state index in [1.165, 1.54) is 17.0 Å². The Morgan fingerprint density at radius 3 is 2.75 bits per heavy atom. The van der Waals surface area contributed by atoms with Crippen LogP contribution in [0, 0.1) is 5.82 Å². The van der Waals surface area contributed by atoms with Crippen molar-refractivity contribution in [3.63, 3.8) is 0 Å². The number of likely N-dealkylation sites (tertiary alicyclic amines) is 1. The van der Waals surface area contributed by atoms with Crippen molar-refractivity contribution in [1.82, 2.24) is 20.0 Å². The molecule has 2 aliphatic heterocycles. The summed E-state index contributed by atoms with van der Waals surface area (Å²) in [4.78, 5) is 30.0. The fourth-order valence-corrected chi connectivity index (χ4v) is 3.43. The number of carbonyl (C=O) groups is 2. The average molecular weight is 385 g/mol. The van der Waals surface area contributed by atoms with Gasteiger partial charge in [-0.1, -0.05) is 0 Å². The molecule has 0 bridgehead atoms. The van der Waals surface area contributed by atoms with Gasteiger partial charge in [0.2, 0.25) is 11.8 Å². The molecule has 146 valence electrons. The van der Waals surface area contributed by atoms with Crippen LogP contribution in [0.25, 0.3) is 0 Å². The first-order valence-corrected chi connectivity index (χ1v) is 9.14. The lowest BCUT2D eigenvalue weighted by Gasteiger charge is -2.22. The second kappa shape index (κ2) is 7.79. The number of aromatic nitrogens is 2. The molecule has 1 unspecified atom stereocenters. The molecule has 1 aromatic heterocycles. The van der Waals surface area contributed by atoms with Gasteiger partial charge in [-0.2, -0.15) is 5.10 Å². The average Bonchev–Trinajstić information content (AvgIpc) is 3.31. The van der Waals surface area contributed by atoms with Crippen LogP contribution in [0.15, 0.2) is 42.6 Å². The van der Waals surface area contributed by atoms with Gasteiger partial charge in [-0.25, -0.2) is 9.18 Å². The first-order valence-electron chi connectivity index (χ1n) is 9.14. The van der Waals surface area contributed by atoms with E-state index in [0.29, 0.717) is 44.2 Å². The van der Waals surface area contributed by atoms with E-state index in [-0.39, 0.29) is 30.4 Å². The molecule has 2 aromatic rings. The van der Waals surface area contributed by atoms with Crippen molar-refractivity contribution >= 4 is 17.6 Å². The van der Waals surface area contributed by atoms with Crippen molar-refractivity contribution in [2.24, 2.45) is 0 Å². The molecule has 2 aliphatic rings. The van der Waals surface area contributed by atoms with Crippen LogP contribution >= 0.6 is 0 Å². The minimum absolute atomic E-state index is 0.0222. The number of hydrogen-bond acceptors (Lipinski definition) is 5. The Hall–Kier alpha value is -3.23. The van der Waals surface area contributed by atoms with E-state index >= 15 is 0 Å². The molecular weight excluding hydrogens is 365 g/mol. The zero-order chi connectivity index (χ0) is 19.5. The maximum absolute atomic E-state index is 13.1. The van der Waals surface area contributed by atoms with Gasteiger partial charge in [-0.05, 0) is 30.3 Å². The Labute approximate surface area is 161 Å². The summed E-state index contributed by atoms with van der Waals surface area (Å²) < 4.78 is 18.8. The van der Waals surface area contributed by atoms with Crippen LogP contribution in [0.5, 0.6) is 5.88 Å². The third kappa shape index (κ3) is 3.88. The number of urea groups is 1. The number of nitrogens with zero attached hydrogens (tertiary/aromatic N) is 5. The number of benzene rings is 1. The first-order chi connectivity index (χ1) is 13.6. The van der Waals surface area contributed by atoms with E-state index in [1.54, 1.807) is 40.3 Å². The van der Waals surface area contributed by atoms with Gasteiger partial charge in [0.15, 0.2) is 0 Å². The molecule has 1 aromatic carbocycles. The van der Waals surface area contributed by atoms with Crippen molar-refractivity contribution in [1.29, 1.82) is 0 Å². The highest BCUT2D eigenvalue weighted by Gasteiger charge is 2.34. The molecule has 0 radical (unpaired) electrons. The lowest BCUT2D eigenvalue weighted by Crippen LogP contribution is -2.42. The Kier molecular flexibility index (Phi) is 5.05. The summed E-state index contributed by atoms with van der Waals surface area (Å²) in [5, 5.41) is 7.66. The van der Waals surface area contributed by atoms with Crippen LogP contribution in [-0.4, -0.2) is 70.8 Å². The number of hydrogen-bond donors (Lipinski definition) is 0. The second-order valence-corrected chi connectivity index (χ2v) is 6.76. The number of rotatable bonds is 5. The summed E-state index contributed by atoms with van der Waals surface area (Å²) in [7, 11) is 0. The lowest BCUT2D eigenvalue weighted by molar-refractivity contribution is -0.130. The van der Waals surface area contributed by atoms with Crippen LogP contribution in [0.3, 0.4) is 0 Å². The van der Waals surface area contributed by atoms with Gasteiger partial charge >= 0.3 is 6.03 Å². The van der Waals surface area contributed by atoms with Gasteiger partial charge in [0.1, 0.15) is 18.5 Å². The predicted octanol–water partition coefficient (Wildman–Crippen LogP) is 1.54. The molecule has 2 saturated heterocycles. The number of anilines is 1. The highest BCUT2D eigenvalue weighted by atomic mass is 19.1. The molecule has 0 spiro atoms. The zero-order valence-corrected chi connectivity index (χ0v) is 15.2. The molecule has 9 heteroatoms. The number of carbonyl (C=O) groups excluding carboxylic acids is 2. The van der Waals surface area contributed by atoms with Crippen LogP contribution in [-0.2, 0) is 4.79 Å². The Bertz CT molecular complexity index is 848. The maximum atomic E-state index is 13.1. The molecule has 8 nitrogen and oxygen atoms in total. The van der Waals surface area contributed by atoms with Crippen molar-refractivity contribution in [3.8, 4) is 5.88 Å². The van der Waals surface area contributed by atoms with E-state index < -0.39 is 0 Å². The van der Waals surface area contributed by atoms with Gasteiger partial charge in [0.25, 0.3) is 0 Å². The zero-order valence-electron chi connectivity index (χ0n) is 15.2. The fraction of sp³-hybridized carbons (Fsp3) is 0.368. The minimum Gasteiger partial charge on any atom is -0.471 e. The highest BCUT2D eigenvalue weighted by molar-refractivity contribution is 5.96. The summed E-state index contributed by atoms with van der Waals surface area (Å²) in [6.45, 7) is 1.98. The van der Waals surface area contributed by atoms with Crippen LogP contribution < -0.4 is 9.64 Å². The summed E-state index contributed by atoms with van der Waals surface area (Å²) in [6, 6.07) is 8.99. The maximum Gasteiger partial charge on any atom is 0.325 e. The third-order valence-corrected chi connectivity index (χ3v) is 4.89. The highest BCUT2D eigenvalue weighted by Crippen LogP contribution is 2.21. The van der Waals surface area contributed by atoms with Crippen LogP contribution in [0.1, 0.15) is 6.42 Å². The third-order valence-electron chi connectivity index (χ3n) is 4.89. The van der Waals surface area contributed by atoms with Crippen LogP contribution in [0.2, 0.25) is 0 Å². The fourth-order valence-electron chi connectivity index (χ4n) is 3.43. The predicted molar refractivity (Wildman–Crippen MR) is 98.4 cm³/mol. The topological polar surface area (TPSA) is 78.9 Å². The number of ether oxygens (including phenoxy) is 1. The molecule has 28 heavy (non-hydrogen) atoms. The van der Waals surface area contributed by atoms with Crippen LogP contribution in [0.4, 0.5) is 14.9 Å². The molecule has 3 heterocycles. The Morgan fingerprint density at radius 2 is 2.00 bits per heavy atom. The van der Waals surface area contributed by atoms with Gasteiger partial charge in [0.05, 0.1) is 6.54 Å². The SMILES string of the molecule is O=C(CN1CCN(c2ccc(F)cc2)C1=O)N1CCC(Oc2cccnn2)C1. The standard InChI is InChI=1S/C19H20FN5O3/c20-14-3-5-15(6-4-14)25-11-10-24(19(25)27)13-18(26)23-9-7-16(12-23)28-17-2-1-8-21-22-17/h1-6,8,16H,7,9-13H2. The van der Waals surface area contributed by atoms with E-state index in [2.05, 4.69) is 10.2 Å². The Balaban J connectivity index is 1.30. The van der Waals surface area contributed by atoms with Gasteiger partial charge in [-0.15, -0.1) is 5.10 Å². The molecule has 0 saturated carbocycles. The number of amides is 3. The molecule has 0 aliphatic carbocycles. The number of halogens is 1. The molecule has 2 fully saturated rings. The van der Waals surface area contributed by atoms with E-state index in [0.717, 1.165) is 0 Å². The molecule has 3 amide bonds. The largest absolute Gasteiger partial charge is 0.471 e. The Morgan fingerprint density at radius 1 is 1.18 bits per heavy atom. The van der Waals surface area contributed by atoms with Gasteiger partial charge in [0, 0.05) is 44.0 Å². The summed E-state index contributed by atoms with van der Waals surface area (Å²) in [6.07, 6.45) is 2.14. The summed E-state index contributed by atoms with van der Waals surface area (Å²) in [5.41, 5.74) is 0.625. The van der Waals surface area contributed by atoms with Crippen molar-refractivity contribution in [2.75, 3.05) is 37.6 Å². The van der Waals surface area contributed by atoms with E-state index in [9.17, 15) is 14.0 Å². The summed E-state index contributed by atoms with van der Waals surface area (Å²) >= 11 is 0. The first kappa shape index (κ1) is 18.1.